The van der Waals surface area contributed by atoms with E-state index in [0.717, 1.165) is 11.1 Å². The van der Waals surface area contributed by atoms with Crippen LogP contribution in [0.15, 0.2) is 36.4 Å². The molecule has 0 fully saturated rings. The first kappa shape index (κ1) is 14.0. The van der Waals surface area contributed by atoms with Crippen LogP contribution in [0.4, 0.5) is 0 Å². The van der Waals surface area contributed by atoms with Gasteiger partial charge in [-0.05, 0) is 30.2 Å². The minimum Gasteiger partial charge on any atom is -0.390 e. The highest BCUT2D eigenvalue weighted by Crippen LogP contribution is 2.31. The van der Waals surface area contributed by atoms with Crippen LogP contribution in [-0.4, -0.2) is 22.1 Å². The van der Waals surface area contributed by atoms with Crippen molar-refractivity contribution in [3.63, 3.8) is 0 Å². The fourth-order valence-corrected chi connectivity index (χ4v) is 2.98. The predicted octanol–water partition coefficient (Wildman–Crippen LogP) is 2.43. The first-order valence-electron chi connectivity index (χ1n) is 6.75. The van der Waals surface area contributed by atoms with E-state index in [0.29, 0.717) is 17.7 Å². The fourth-order valence-electron chi connectivity index (χ4n) is 2.73. The summed E-state index contributed by atoms with van der Waals surface area (Å²) in [5.74, 6) is -0.261. The number of halogens is 1. The van der Waals surface area contributed by atoms with Gasteiger partial charge in [0.05, 0.1) is 12.1 Å². The van der Waals surface area contributed by atoms with Crippen molar-refractivity contribution in [1.29, 1.82) is 0 Å². The van der Waals surface area contributed by atoms with Crippen LogP contribution in [0.1, 0.15) is 33.2 Å². The Morgan fingerprint density at radius 1 is 1.38 bits per heavy atom. The number of carbonyl (C=O) groups excluding carboxylic acids is 1. The van der Waals surface area contributed by atoms with Crippen molar-refractivity contribution in [3.05, 3.63) is 63.9 Å². The molecule has 0 aliphatic heterocycles. The summed E-state index contributed by atoms with van der Waals surface area (Å²) in [5.41, 5.74) is 3.17. The molecule has 2 aromatic rings. The SMILES string of the molecule is Cc1cc(C(=O)N[C@H]2c3ccccc3C[C@H]2O)cc(Cl)n1. The van der Waals surface area contributed by atoms with Crippen LogP contribution in [0.5, 0.6) is 0 Å². The average molecular weight is 303 g/mol. The molecule has 1 heterocycles. The number of nitrogens with one attached hydrogen (secondary N) is 1. The summed E-state index contributed by atoms with van der Waals surface area (Å²) in [4.78, 5) is 16.4. The number of aliphatic hydroxyl groups excluding tert-OH is 1. The summed E-state index contributed by atoms with van der Waals surface area (Å²) in [6.07, 6.45) is -0.0539. The van der Waals surface area contributed by atoms with E-state index in [4.69, 9.17) is 11.6 Å². The Balaban J connectivity index is 1.85. The maximum Gasteiger partial charge on any atom is 0.252 e. The van der Waals surface area contributed by atoms with Crippen molar-refractivity contribution in [1.82, 2.24) is 10.3 Å². The number of rotatable bonds is 2. The van der Waals surface area contributed by atoms with Gasteiger partial charge in [0, 0.05) is 17.7 Å². The molecule has 0 radical (unpaired) electrons. The number of pyridine rings is 1. The smallest absolute Gasteiger partial charge is 0.252 e. The lowest BCUT2D eigenvalue weighted by Crippen LogP contribution is -2.33. The molecule has 1 aromatic carbocycles. The number of aryl methyl sites for hydroxylation is 1. The van der Waals surface area contributed by atoms with Gasteiger partial charge in [0.25, 0.3) is 5.91 Å². The number of hydrogen-bond donors (Lipinski definition) is 2. The van der Waals surface area contributed by atoms with E-state index in [2.05, 4.69) is 10.3 Å². The first-order chi connectivity index (χ1) is 10.0. The number of nitrogens with zero attached hydrogens (tertiary/aromatic N) is 1. The molecule has 4 nitrogen and oxygen atoms in total. The van der Waals surface area contributed by atoms with Crippen LogP contribution in [0, 0.1) is 6.92 Å². The molecule has 0 spiro atoms. The van der Waals surface area contributed by atoms with Crippen LogP contribution >= 0.6 is 11.6 Å². The summed E-state index contributed by atoms with van der Waals surface area (Å²) < 4.78 is 0. The standard InChI is InChI=1S/C16H15ClN2O2/c1-9-6-11(8-14(17)18-9)16(21)19-15-12-5-3-2-4-10(12)7-13(15)20/h2-6,8,13,15,20H,7H2,1H3,(H,19,21)/t13-,15+/m1/s1. The number of aromatic nitrogens is 1. The van der Waals surface area contributed by atoms with Crippen molar-refractivity contribution in [2.24, 2.45) is 0 Å². The number of hydrogen-bond acceptors (Lipinski definition) is 3. The van der Waals surface area contributed by atoms with E-state index in [-0.39, 0.29) is 17.1 Å². The molecule has 1 aliphatic rings. The Hall–Kier alpha value is -1.91. The largest absolute Gasteiger partial charge is 0.390 e. The molecule has 0 bridgehead atoms. The second-order valence-electron chi connectivity index (χ2n) is 5.24. The van der Waals surface area contributed by atoms with E-state index in [1.165, 1.54) is 6.07 Å². The molecule has 0 saturated carbocycles. The fraction of sp³-hybridized carbons (Fsp3) is 0.250. The molecule has 108 valence electrons. The van der Waals surface area contributed by atoms with Gasteiger partial charge in [0.1, 0.15) is 5.15 Å². The van der Waals surface area contributed by atoms with Crippen molar-refractivity contribution in [2.45, 2.75) is 25.5 Å². The van der Waals surface area contributed by atoms with Crippen LogP contribution < -0.4 is 5.32 Å². The zero-order valence-corrected chi connectivity index (χ0v) is 12.3. The Morgan fingerprint density at radius 3 is 2.90 bits per heavy atom. The summed E-state index contributed by atoms with van der Waals surface area (Å²) >= 11 is 5.88. The minimum absolute atomic E-state index is 0.261. The van der Waals surface area contributed by atoms with E-state index in [1.807, 2.05) is 24.3 Å². The lowest BCUT2D eigenvalue weighted by Gasteiger charge is -2.18. The maximum atomic E-state index is 12.4. The van der Waals surface area contributed by atoms with Gasteiger partial charge in [0.15, 0.2) is 0 Å². The van der Waals surface area contributed by atoms with Gasteiger partial charge in [-0.2, -0.15) is 0 Å². The van der Waals surface area contributed by atoms with Crippen LogP contribution in [0.25, 0.3) is 0 Å². The first-order valence-corrected chi connectivity index (χ1v) is 7.13. The van der Waals surface area contributed by atoms with Crippen molar-refractivity contribution >= 4 is 17.5 Å². The quantitative estimate of drug-likeness (QED) is 0.838. The topological polar surface area (TPSA) is 62.2 Å². The van der Waals surface area contributed by atoms with Crippen LogP contribution in [-0.2, 0) is 6.42 Å². The zero-order chi connectivity index (χ0) is 15.0. The van der Waals surface area contributed by atoms with Gasteiger partial charge >= 0.3 is 0 Å². The number of amides is 1. The molecule has 1 amide bonds. The maximum absolute atomic E-state index is 12.4. The minimum atomic E-state index is -0.607. The summed E-state index contributed by atoms with van der Waals surface area (Å²) in [5, 5.41) is 13.3. The van der Waals surface area contributed by atoms with E-state index in [9.17, 15) is 9.90 Å². The highest BCUT2D eigenvalue weighted by Gasteiger charge is 2.32. The number of aliphatic hydroxyl groups is 1. The summed E-state index contributed by atoms with van der Waals surface area (Å²) in [7, 11) is 0. The van der Waals surface area contributed by atoms with E-state index < -0.39 is 6.10 Å². The highest BCUT2D eigenvalue weighted by atomic mass is 35.5. The molecule has 0 unspecified atom stereocenters. The second kappa shape index (κ2) is 5.47. The van der Waals surface area contributed by atoms with Crippen LogP contribution in [0.2, 0.25) is 5.15 Å². The molecule has 1 aromatic heterocycles. The van der Waals surface area contributed by atoms with Gasteiger partial charge < -0.3 is 10.4 Å². The predicted molar refractivity (Wildman–Crippen MR) is 80.3 cm³/mol. The summed E-state index contributed by atoms with van der Waals surface area (Å²) in [6, 6.07) is 10.6. The van der Waals surface area contributed by atoms with Gasteiger partial charge in [-0.1, -0.05) is 35.9 Å². The molecule has 2 N–H and O–H groups in total. The Labute approximate surface area is 127 Å². The molecule has 0 saturated heterocycles. The molecule has 21 heavy (non-hydrogen) atoms. The van der Waals surface area contributed by atoms with Gasteiger partial charge in [-0.15, -0.1) is 0 Å². The number of benzene rings is 1. The Kier molecular flexibility index (Phi) is 3.66. The van der Waals surface area contributed by atoms with Crippen molar-refractivity contribution in [2.75, 3.05) is 0 Å². The molecule has 2 atom stereocenters. The normalized spacial score (nSPS) is 20.1. The third-order valence-electron chi connectivity index (χ3n) is 3.67. The third kappa shape index (κ3) is 2.77. The van der Waals surface area contributed by atoms with Gasteiger partial charge in [-0.25, -0.2) is 4.98 Å². The molecular weight excluding hydrogens is 288 g/mol. The van der Waals surface area contributed by atoms with Gasteiger partial charge in [-0.3, -0.25) is 4.79 Å². The molecular formula is C16H15ClN2O2. The summed E-state index contributed by atoms with van der Waals surface area (Å²) in [6.45, 7) is 1.78. The zero-order valence-electron chi connectivity index (χ0n) is 11.5. The lowest BCUT2D eigenvalue weighted by molar-refractivity contribution is 0.0858. The monoisotopic (exact) mass is 302 g/mol. The van der Waals surface area contributed by atoms with Crippen molar-refractivity contribution < 1.29 is 9.90 Å². The molecule has 3 rings (SSSR count). The number of carbonyl (C=O) groups is 1. The van der Waals surface area contributed by atoms with Crippen LogP contribution in [0.3, 0.4) is 0 Å². The molecule has 5 heteroatoms. The van der Waals surface area contributed by atoms with Crippen molar-refractivity contribution in [3.8, 4) is 0 Å². The molecule has 1 aliphatic carbocycles. The van der Waals surface area contributed by atoms with E-state index >= 15 is 0 Å². The Morgan fingerprint density at radius 2 is 2.14 bits per heavy atom. The average Bonchev–Trinajstić information content (AvgIpc) is 2.74. The third-order valence-corrected chi connectivity index (χ3v) is 3.87. The Bertz CT molecular complexity index is 682. The highest BCUT2D eigenvalue weighted by molar-refractivity contribution is 6.29. The lowest BCUT2D eigenvalue weighted by atomic mass is 10.1. The van der Waals surface area contributed by atoms with Gasteiger partial charge in [0.2, 0.25) is 0 Å². The van der Waals surface area contributed by atoms with E-state index in [1.54, 1.807) is 13.0 Å². The second-order valence-corrected chi connectivity index (χ2v) is 5.63. The number of fused-ring (bicyclic) bond motifs is 1.